The lowest BCUT2D eigenvalue weighted by Gasteiger charge is -2.32. The van der Waals surface area contributed by atoms with E-state index in [0.717, 1.165) is 13.0 Å². The monoisotopic (exact) mass is 383 g/mol. The first-order valence-electron chi connectivity index (χ1n) is 8.94. The maximum Gasteiger partial charge on any atom is 0.277 e. The maximum absolute atomic E-state index is 12.9. The van der Waals surface area contributed by atoms with Gasteiger partial charge in [0.2, 0.25) is 0 Å². The molecule has 5 heteroatoms. The number of amides is 1. The van der Waals surface area contributed by atoms with Crippen LogP contribution in [-0.2, 0) is 17.8 Å². The molecule has 26 heavy (non-hydrogen) atoms. The van der Waals surface area contributed by atoms with Gasteiger partial charge in [-0.1, -0.05) is 36.4 Å². The van der Waals surface area contributed by atoms with Crippen LogP contribution in [0, 0.1) is 0 Å². The Hall–Kier alpha value is -1.95. The molecule has 0 saturated heterocycles. The van der Waals surface area contributed by atoms with Crippen molar-refractivity contribution in [2.75, 3.05) is 20.1 Å². The summed E-state index contributed by atoms with van der Waals surface area (Å²) in [5.74, 6) is 0.212. The standard InChI is InChI=1S/C21H22N2OS2/c1-22(14-16-6-3-2-4-7-16)20(24)15-23-11-9-18-17(10-13-26-18)21(23)19-8-5-12-25-19/h2-8,10,12-13,21H,9,11,14-15H2,1H3/p+1/t21-/m0/s1. The van der Waals surface area contributed by atoms with E-state index in [1.54, 1.807) is 11.3 Å². The molecule has 0 radical (unpaired) electrons. The predicted octanol–water partition coefficient (Wildman–Crippen LogP) is 3.00. The van der Waals surface area contributed by atoms with Gasteiger partial charge in [0.25, 0.3) is 5.91 Å². The lowest BCUT2D eigenvalue weighted by molar-refractivity contribution is -0.919. The predicted molar refractivity (Wildman–Crippen MR) is 108 cm³/mol. The highest BCUT2D eigenvalue weighted by Gasteiger charge is 2.35. The lowest BCUT2D eigenvalue weighted by atomic mass is 9.98. The number of carbonyl (C=O) groups is 1. The molecule has 134 valence electrons. The van der Waals surface area contributed by atoms with Crippen LogP contribution in [0.15, 0.2) is 59.3 Å². The minimum absolute atomic E-state index is 0.212. The smallest absolute Gasteiger partial charge is 0.277 e. The topological polar surface area (TPSA) is 24.8 Å². The molecule has 1 amide bonds. The molecular formula is C21H23N2OS2+. The van der Waals surface area contributed by atoms with Gasteiger partial charge in [-0.15, -0.1) is 22.7 Å². The molecule has 0 aliphatic carbocycles. The molecule has 2 aromatic heterocycles. The van der Waals surface area contributed by atoms with Gasteiger partial charge in [0.05, 0.1) is 11.4 Å². The maximum atomic E-state index is 12.9. The van der Waals surface area contributed by atoms with Gasteiger partial charge in [0.15, 0.2) is 6.54 Å². The van der Waals surface area contributed by atoms with Gasteiger partial charge in [-0.3, -0.25) is 4.79 Å². The average Bonchev–Trinajstić information content (AvgIpc) is 3.34. The molecule has 4 rings (SSSR count). The molecule has 3 aromatic rings. The van der Waals surface area contributed by atoms with E-state index in [1.165, 1.54) is 25.8 Å². The van der Waals surface area contributed by atoms with Crippen molar-refractivity contribution in [3.63, 3.8) is 0 Å². The second kappa shape index (κ2) is 7.74. The van der Waals surface area contributed by atoms with E-state index < -0.39 is 0 Å². The number of hydrogen-bond donors (Lipinski definition) is 1. The molecule has 3 nitrogen and oxygen atoms in total. The van der Waals surface area contributed by atoms with Gasteiger partial charge >= 0.3 is 0 Å². The molecule has 1 aromatic carbocycles. The van der Waals surface area contributed by atoms with Crippen LogP contribution in [0.4, 0.5) is 0 Å². The number of nitrogens with one attached hydrogen (secondary N) is 1. The summed E-state index contributed by atoms with van der Waals surface area (Å²) in [6, 6.07) is 17.1. The summed E-state index contributed by atoms with van der Waals surface area (Å²) in [5, 5.41) is 4.33. The van der Waals surface area contributed by atoms with E-state index in [0.29, 0.717) is 19.1 Å². The van der Waals surface area contributed by atoms with E-state index in [1.807, 2.05) is 41.5 Å². The number of hydrogen-bond acceptors (Lipinski definition) is 3. The van der Waals surface area contributed by atoms with Crippen LogP contribution in [0.1, 0.15) is 26.9 Å². The Kier molecular flexibility index (Phi) is 5.20. The second-order valence-corrected chi connectivity index (χ2v) is 8.80. The average molecular weight is 384 g/mol. The van der Waals surface area contributed by atoms with Crippen molar-refractivity contribution in [1.82, 2.24) is 4.90 Å². The van der Waals surface area contributed by atoms with Crippen LogP contribution >= 0.6 is 22.7 Å². The van der Waals surface area contributed by atoms with E-state index in [2.05, 4.69) is 41.1 Å². The van der Waals surface area contributed by atoms with Gasteiger partial charge in [-0.05, 0) is 28.5 Å². The Labute approximate surface area is 162 Å². The zero-order valence-corrected chi connectivity index (χ0v) is 16.5. The van der Waals surface area contributed by atoms with Gasteiger partial charge < -0.3 is 9.80 Å². The van der Waals surface area contributed by atoms with Crippen molar-refractivity contribution in [2.45, 2.75) is 19.0 Å². The van der Waals surface area contributed by atoms with Gasteiger partial charge in [-0.2, -0.15) is 0 Å². The highest BCUT2D eigenvalue weighted by Crippen LogP contribution is 2.31. The molecule has 0 saturated carbocycles. The van der Waals surface area contributed by atoms with Crippen molar-refractivity contribution in [2.24, 2.45) is 0 Å². The van der Waals surface area contributed by atoms with E-state index in [4.69, 9.17) is 0 Å². The van der Waals surface area contributed by atoms with Crippen LogP contribution in [-0.4, -0.2) is 30.9 Å². The van der Waals surface area contributed by atoms with E-state index in [-0.39, 0.29) is 5.91 Å². The molecule has 1 aliphatic rings. The van der Waals surface area contributed by atoms with Crippen molar-refractivity contribution in [3.8, 4) is 0 Å². The summed E-state index contributed by atoms with van der Waals surface area (Å²) in [4.78, 5) is 19.0. The Balaban J connectivity index is 1.50. The quantitative estimate of drug-likeness (QED) is 0.720. The molecule has 0 bridgehead atoms. The molecule has 3 heterocycles. The number of carbonyl (C=O) groups excluding carboxylic acids is 1. The van der Waals surface area contributed by atoms with Gasteiger partial charge in [0.1, 0.15) is 6.04 Å². The third-order valence-electron chi connectivity index (χ3n) is 5.07. The largest absolute Gasteiger partial charge is 0.337 e. The Morgan fingerprint density at radius 1 is 1.12 bits per heavy atom. The van der Waals surface area contributed by atoms with Crippen LogP contribution in [0.3, 0.4) is 0 Å². The number of thiophene rings is 2. The highest BCUT2D eigenvalue weighted by atomic mass is 32.1. The lowest BCUT2D eigenvalue weighted by Crippen LogP contribution is -3.14. The number of fused-ring (bicyclic) bond motifs is 1. The Bertz CT molecular complexity index is 857. The molecule has 1 aliphatic heterocycles. The van der Waals surface area contributed by atoms with E-state index >= 15 is 0 Å². The molecule has 2 atom stereocenters. The number of quaternary nitrogens is 1. The normalized spacial score (nSPS) is 19.1. The number of likely N-dealkylation sites (N-methyl/N-ethyl adjacent to an activating group) is 1. The van der Waals surface area contributed by atoms with Gasteiger partial charge in [-0.25, -0.2) is 0 Å². The fourth-order valence-corrected chi connectivity index (χ4v) is 5.55. The van der Waals surface area contributed by atoms with E-state index in [9.17, 15) is 4.79 Å². The zero-order valence-electron chi connectivity index (χ0n) is 14.9. The van der Waals surface area contributed by atoms with Crippen LogP contribution in [0.25, 0.3) is 0 Å². The first kappa shape index (κ1) is 17.5. The summed E-state index contributed by atoms with van der Waals surface area (Å²) < 4.78 is 0. The van der Waals surface area contributed by atoms with Crippen LogP contribution in [0.2, 0.25) is 0 Å². The summed E-state index contributed by atoms with van der Waals surface area (Å²) in [5.41, 5.74) is 2.59. The SMILES string of the molecule is CN(Cc1ccccc1)C(=O)C[NH+]1CCc2sccc2[C@H]1c1cccs1. The zero-order chi connectivity index (χ0) is 17.9. The number of benzene rings is 1. The minimum Gasteiger partial charge on any atom is -0.337 e. The first-order chi connectivity index (χ1) is 12.7. The summed E-state index contributed by atoms with van der Waals surface area (Å²) in [6.45, 7) is 2.22. The Morgan fingerprint density at radius 2 is 1.96 bits per heavy atom. The van der Waals surface area contributed by atoms with Crippen LogP contribution < -0.4 is 4.90 Å². The van der Waals surface area contributed by atoms with Crippen molar-refractivity contribution >= 4 is 28.6 Å². The fraction of sp³-hybridized carbons (Fsp3) is 0.286. The molecule has 0 fully saturated rings. The van der Waals surface area contributed by atoms with Gasteiger partial charge in [0, 0.05) is 30.5 Å². The van der Waals surface area contributed by atoms with Crippen molar-refractivity contribution in [1.29, 1.82) is 0 Å². The molecule has 0 spiro atoms. The second-order valence-electron chi connectivity index (χ2n) is 6.82. The number of nitrogens with zero attached hydrogens (tertiary/aromatic N) is 1. The first-order valence-corrected chi connectivity index (χ1v) is 10.7. The van der Waals surface area contributed by atoms with Crippen LogP contribution in [0.5, 0.6) is 0 Å². The third kappa shape index (κ3) is 3.61. The molecular weight excluding hydrogens is 360 g/mol. The molecule has 1 N–H and O–H groups in total. The van der Waals surface area contributed by atoms with Crippen molar-refractivity contribution in [3.05, 3.63) is 80.2 Å². The number of rotatable bonds is 5. The summed E-state index contributed by atoms with van der Waals surface area (Å²) in [7, 11) is 1.91. The molecule has 1 unspecified atom stereocenters. The fourth-order valence-electron chi connectivity index (χ4n) is 3.72. The van der Waals surface area contributed by atoms with Crippen molar-refractivity contribution < 1.29 is 9.69 Å². The third-order valence-corrected chi connectivity index (χ3v) is 7.00. The summed E-state index contributed by atoms with van der Waals surface area (Å²) in [6.07, 6.45) is 1.07. The highest BCUT2D eigenvalue weighted by molar-refractivity contribution is 7.10. The minimum atomic E-state index is 0.212. The Morgan fingerprint density at radius 3 is 2.73 bits per heavy atom. The summed E-state index contributed by atoms with van der Waals surface area (Å²) >= 11 is 3.65.